The normalized spacial score (nSPS) is 20.9. The van der Waals surface area contributed by atoms with Crippen molar-refractivity contribution >= 4 is 27.5 Å². The van der Waals surface area contributed by atoms with Crippen LogP contribution in [0.15, 0.2) is 34.4 Å². The van der Waals surface area contributed by atoms with Crippen molar-refractivity contribution in [1.29, 1.82) is 5.26 Å². The van der Waals surface area contributed by atoms with Crippen LogP contribution < -0.4 is 16.2 Å². The summed E-state index contributed by atoms with van der Waals surface area (Å²) in [6, 6.07) is 9.65. The smallest absolute Gasteiger partial charge is 0.273 e. The fourth-order valence-electron chi connectivity index (χ4n) is 4.50. The van der Waals surface area contributed by atoms with Gasteiger partial charge >= 0.3 is 0 Å². The molecule has 2 atom stereocenters. The summed E-state index contributed by atoms with van der Waals surface area (Å²) in [5.74, 6) is 0.610. The van der Waals surface area contributed by atoms with Gasteiger partial charge in [-0.05, 0) is 36.3 Å². The second-order valence-corrected chi connectivity index (χ2v) is 9.54. The molecule has 2 fully saturated rings. The molecule has 2 saturated heterocycles. The van der Waals surface area contributed by atoms with Crippen LogP contribution in [-0.4, -0.2) is 48.0 Å². The lowest BCUT2D eigenvalue weighted by Gasteiger charge is -2.33. The van der Waals surface area contributed by atoms with Gasteiger partial charge in [0.25, 0.3) is 5.56 Å². The fourth-order valence-corrected chi connectivity index (χ4v) is 5.44. The van der Waals surface area contributed by atoms with Crippen molar-refractivity contribution in [3.63, 3.8) is 0 Å². The molecule has 2 N–H and O–H groups in total. The summed E-state index contributed by atoms with van der Waals surface area (Å²) in [6.07, 6.45) is 2.88. The molecule has 0 amide bonds. The number of fused-ring (bicyclic) bond motifs is 1. The molecule has 172 valence electrons. The van der Waals surface area contributed by atoms with E-state index in [0.717, 1.165) is 43.5 Å². The molecule has 0 spiro atoms. The van der Waals surface area contributed by atoms with Crippen molar-refractivity contribution in [1.82, 2.24) is 9.55 Å². The minimum Gasteiger partial charge on any atom is -0.379 e. The first-order valence-corrected chi connectivity index (χ1v) is 12.2. The Labute approximate surface area is 196 Å². The third kappa shape index (κ3) is 4.52. The Balaban J connectivity index is 1.57. The van der Waals surface area contributed by atoms with Crippen molar-refractivity contribution in [3.05, 3.63) is 56.7 Å². The van der Waals surface area contributed by atoms with Gasteiger partial charge in [-0.3, -0.25) is 9.36 Å². The summed E-state index contributed by atoms with van der Waals surface area (Å²) in [6.45, 7) is 3.46. The molecule has 0 aliphatic carbocycles. The molecule has 2 aliphatic heterocycles. The van der Waals surface area contributed by atoms with Gasteiger partial charge in [-0.1, -0.05) is 18.2 Å². The van der Waals surface area contributed by atoms with E-state index in [1.165, 1.54) is 11.3 Å². The van der Waals surface area contributed by atoms with Gasteiger partial charge in [-0.15, -0.1) is 11.3 Å². The zero-order valence-corrected chi connectivity index (χ0v) is 19.2. The molecule has 2 aromatic heterocycles. The van der Waals surface area contributed by atoms with E-state index in [1.807, 2.05) is 23.6 Å². The number of rotatable bonds is 6. The van der Waals surface area contributed by atoms with E-state index in [1.54, 1.807) is 10.6 Å². The van der Waals surface area contributed by atoms with Crippen molar-refractivity contribution in [3.8, 4) is 6.07 Å². The third-order valence-electron chi connectivity index (χ3n) is 6.30. The molecule has 33 heavy (non-hydrogen) atoms. The number of benzene rings is 1. The predicted molar refractivity (Wildman–Crippen MR) is 128 cm³/mol. The van der Waals surface area contributed by atoms with Crippen molar-refractivity contribution in [2.45, 2.75) is 44.6 Å². The number of nitrogens with zero attached hydrogens (tertiary/aromatic N) is 4. The van der Waals surface area contributed by atoms with Crippen LogP contribution in [0.4, 0.5) is 5.95 Å². The number of nitrogens with two attached hydrogens (primary N) is 1. The van der Waals surface area contributed by atoms with Gasteiger partial charge in [0.15, 0.2) is 0 Å². The van der Waals surface area contributed by atoms with Gasteiger partial charge < -0.3 is 20.1 Å². The number of hydrogen-bond donors (Lipinski definition) is 1. The minimum atomic E-state index is -0.0951. The molecule has 2 unspecified atom stereocenters. The first-order chi connectivity index (χ1) is 16.1. The zero-order chi connectivity index (χ0) is 22.8. The maximum absolute atomic E-state index is 13.7. The highest BCUT2D eigenvalue weighted by Gasteiger charge is 2.25. The SMILES string of the molecule is N#Cc1ccccc1Cn1c(N2CCCC(N)C2)nc2c(COC3CCOC3)csc2c1=O. The molecule has 0 radical (unpaired) electrons. The lowest BCUT2D eigenvalue weighted by molar-refractivity contribution is 0.0323. The number of piperidine rings is 1. The van der Waals surface area contributed by atoms with Crippen LogP contribution >= 0.6 is 11.3 Å². The topological polar surface area (TPSA) is 106 Å². The van der Waals surface area contributed by atoms with Gasteiger partial charge in [0.1, 0.15) is 4.70 Å². The highest BCUT2D eigenvalue weighted by molar-refractivity contribution is 7.17. The number of hydrogen-bond acceptors (Lipinski definition) is 8. The summed E-state index contributed by atoms with van der Waals surface area (Å²) in [5, 5.41) is 11.5. The van der Waals surface area contributed by atoms with Crippen LogP contribution in [0, 0.1) is 11.3 Å². The predicted octanol–water partition coefficient (Wildman–Crippen LogP) is 2.61. The molecule has 9 heteroatoms. The maximum atomic E-state index is 13.7. The molecular formula is C24H27N5O3S. The van der Waals surface area contributed by atoms with E-state index in [4.69, 9.17) is 20.2 Å². The van der Waals surface area contributed by atoms with Crippen LogP contribution in [0.3, 0.4) is 0 Å². The summed E-state index contributed by atoms with van der Waals surface area (Å²) >= 11 is 1.40. The van der Waals surface area contributed by atoms with E-state index in [0.29, 0.717) is 41.5 Å². The first-order valence-electron chi connectivity index (χ1n) is 11.3. The molecule has 2 aliphatic rings. The van der Waals surface area contributed by atoms with Crippen LogP contribution in [-0.2, 0) is 22.6 Å². The summed E-state index contributed by atoms with van der Waals surface area (Å²) in [7, 11) is 0. The van der Waals surface area contributed by atoms with Gasteiger partial charge in [-0.25, -0.2) is 4.98 Å². The molecule has 0 bridgehead atoms. The summed E-state index contributed by atoms with van der Waals surface area (Å²) in [5.41, 5.74) is 9.14. The van der Waals surface area contributed by atoms with E-state index >= 15 is 0 Å². The Morgan fingerprint density at radius 2 is 2.18 bits per heavy atom. The Morgan fingerprint density at radius 1 is 1.30 bits per heavy atom. The van der Waals surface area contributed by atoms with Crippen LogP contribution in [0.2, 0.25) is 0 Å². The monoisotopic (exact) mass is 465 g/mol. The molecule has 3 aromatic rings. The van der Waals surface area contributed by atoms with Gasteiger partial charge in [0, 0.05) is 31.3 Å². The first kappa shape index (κ1) is 22.0. The van der Waals surface area contributed by atoms with E-state index in [9.17, 15) is 10.1 Å². The number of ether oxygens (including phenoxy) is 2. The second kappa shape index (κ2) is 9.61. The molecule has 4 heterocycles. The van der Waals surface area contributed by atoms with E-state index in [-0.39, 0.29) is 24.2 Å². The molecule has 5 rings (SSSR count). The molecule has 1 aromatic carbocycles. The van der Waals surface area contributed by atoms with Gasteiger partial charge in [0.2, 0.25) is 5.95 Å². The highest BCUT2D eigenvalue weighted by Crippen LogP contribution is 2.27. The summed E-state index contributed by atoms with van der Waals surface area (Å²) < 4.78 is 13.7. The third-order valence-corrected chi connectivity index (χ3v) is 7.31. The minimum absolute atomic E-state index is 0.0406. The maximum Gasteiger partial charge on any atom is 0.273 e. The summed E-state index contributed by atoms with van der Waals surface area (Å²) in [4.78, 5) is 20.8. The molecular weight excluding hydrogens is 438 g/mol. The number of thiophene rings is 1. The fraction of sp³-hybridized carbons (Fsp3) is 0.458. The van der Waals surface area contributed by atoms with E-state index < -0.39 is 0 Å². The Bertz CT molecular complexity index is 1240. The Kier molecular flexibility index (Phi) is 6.42. The average molecular weight is 466 g/mol. The Morgan fingerprint density at radius 3 is 2.97 bits per heavy atom. The lowest BCUT2D eigenvalue weighted by Crippen LogP contribution is -2.45. The van der Waals surface area contributed by atoms with Crippen LogP contribution in [0.1, 0.15) is 36.0 Å². The quantitative estimate of drug-likeness (QED) is 0.596. The van der Waals surface area contributed by atoms with Gasteiger partial charge in [0.05, 0.1) is 43.0 Å². The average Bonchev–Trinajstić information content (AvgIpc) is 3.49. The van der Waals surface area contributed by atoms with Gasteiger partial charge in [-0.2, -0.15) is 5.26 Å². The zero-order valence-electron chi connectivity index (χ0n) is 18.4. The van der Waals surface area contributed by atoms with Crippen molar-refractivity contribution in [2.24, 2.45) is 5.73 Å². The number of nitriles is 1. The van der Waals surface area contributed by atoms with Crippen LogP contribution in [0.5, 0.6) is 0 Å². The molecule has 8 nitrogen and oxygen atoms in total. The number of anilines is 1. The van der Waals surface area contributed by atoms with Crippen molar-refractivity contribution < 1.29 is 9.47 Å². The van der Waals surface area contributed by atoms with E-state index in [2.05, 4.69) is 11.0 Å². The highest BCUT2D eigenvalue weighted by atomic mass is 32.1. The molecule has 0 saturated carbocycles. The Hall–Kier alpha value is -2.77. The lowest BCUT2D eigenvalue weighted by atomic mass is 10.1. The number of aromatic nitrogens is 2. The van der Waals surface area contributed by atoms with Crippen LogP contribution in [0.25, 0.3) is 10.2 Å². The largest absolute Gasteiger partial charge is 0.379 e. The standard InChI is InChI=1S/C24H27N5O3S/c25-10-16-4-1-2-5-17(16)11-29-23(30)22-21(27-24(29)28-8-3-6-19(26)12-28)18(15-33-22)13-32-20-7-9-31-14-20/h1-2,4-5,15,19-20H,3,6-9,11-14,26H2. The second-order valence-electron chi connectivity index (χ2n) is 8.66. The van der Waals surface area contributed by atoms with Crippen molar-refractivity contribution in [2.75, 3.05) is 31.2 Å².